The lowest BCUT2D eigenvalue weighted by Gasteiger charge is -2.05. The average Bonchev–Trinajstić information content (AvgIpc) is 2.71. The van der Waals surface area contributed by atoms with Crippen molar-refractivity contribution in [2.75, 3.05) is 0 Å². The van der Waals surface area contributed by atoms with Gasteiger partial charge in [0.15, 0.2) is 0 Å². The topological polar surface area (TPSA) is 28.7 Å². The van der Waals surface area contributed by atoms with E-state index in [-0.39, 0.29) is 5.38 Å². The molecule has 3 heteroatoms. The van der Waals surface area contributed by atoms with E-state index in [1.54, 1.807) is 6.20 Å². The second-order valence-electron chi connectivity index (χ2n) is 2.77. The monoisotopic (exact) mass is 192 g/mol. The summed E-state index contributed by atoms with van der Waals surface area (Å²) >= 11 is 6.19. The number of H-pyrrole nitrogens is 1. The summed E-state index contributed by atoms with van der Waals surface area (Å²) in [5.41, 5.74) is 1.92. The van der Waals surface area contributed by atoms with Gasteiger partial charge < -0.3 is 0 Å². The zero-order chi connectivity index (χ0) is 9.10. The predicted molar refractivity (Wildman–Crippen MR) is 52.7 cm³/mol. The van der Waals surface area contributed by atoms with Gasteiger partial charge in [-0.3, -0.25) is 5.10 Å². The highest BCUT2D eigenvalue weighted by Crippen LogP contribution is 2.26. The third-order valence-corrected chi connectivity index (χ3v) is 2.35. The first kappa shape index (κ1) is 8.32. The molecule has 13 heavy (non-hydrogen) atoms. The van der Waals surface area contributed by atoms with Gasteiger partial charge in [-0.25, -0.2) is 0 Å². The standard InChI is InChI=1S/C10H9ClN2/c11-10(9-6-7-12-13-9)8-4-2-1-3-5-8/h1-7,10H,(H,12,13). The molecule has 0 saturated carbocycles. The van der Waals surface area contributed by atoms with Crippen LogP contribution in [-0.4, -0.2) is 10.2 Å². The van der Waals surface area contributed by atoms with Gasteiger partial charge >= 0.3 is 0 Å². The van der Waals surface area contributed by atoms with Crippen molar-refractivity contribution in [2.45, 2.75) is 5.38 Å². The Bertz CT molecular complexity index is 356. The van der Waals surface area contributed by atoms with Crippen LogP contribution in [0.25, 0.3) is 0 Å². The van der Waals surface area contributed by atoms with Crippen LogP contribution in [0, 0.1) is 0 Å². The molecule has 2 aromatic rings. The van der Waals surface area contributed by atoms with Crippen molar-refractivity contribution in [3.05, 3.63) is 53.9 Å². The first-order valence-electron chi connectivity index (χ1n) is 4.06. The number of benzene rings is 1. The summed E-state index contributed by atoms with van der Waals surface area (Å²) in [5.74, 6) is 0. The molecular formula is C10H9ClN2. The van der Waals surface area contributed by atoms with E-state index in [9.17, 15) is 0 Å². The molecule has 0 amide bonds. The van der Waals surface area contributed by atoms with Crippen LogP contribution >= 0.6 is 11.6 Å². The zero-order valence-corrected chi connectivity index (χ0v) is 7.70. The summed E-state index contributed by atoms with van der Waals surface area (Å²) in [6, 6.07) is 11.8. The first-order chi connectivity index (χ1) is 6.38. The maximum atomic E-state index is 6.19. The Morgan fingerprint density at radius 3 is 2.54 bits per heavy atom. The van der Waals surface area contributed by atoms with Crippen LogP contribution in [-0.2, 0) is 0 Å². The Balaban J connectivity index is 2.29. The summed E-state index contributed by atoms with van der Waals surface area (Å²) in [4.78, 5) is 0. The van der Waals surface area contributed by atoms with Crippen LogP contribution in [0.1, 0.15) is 16.6 Å². The van der Waals surface area contributed by atoms with E-state index in [2.05, 4.69) is 10.2 Å². The Morgan fingerprint density at radius 1 is 1.15 bits per heavy atom. The molecule has 0 aliphatic carbocycles. The summed E-state index contributed by atoms with van der Waals surface area (Å²) < 4.78 is 0. The molecule has 0 saturated heterocycles. The number of alkyl halides is 1. The number of aromatic nitrogens is 2. The normalized spacial score (nSPS) is 12.7. The van der Waals surface area contributed by atoms with Gasteiger partial charge in [0.05, 0.1) is 5.69 Å². The maximum absolute atomic E-state index is 6.19. The van der Waals surface area contributed by atoms with Crippen molar-refractivity contribution in [1.82, 2.24) is 10.2 Å². The Labute approximate surface area is 81.6 Å². The third kappa shape index (κ3) is 1.73. The number of rotatable bonds is 2. The summed E-state index contributed by atoms with van der Waals surface area (Å²) in [5, 5.41) is 6.62. The quantitative estimate of drug-likeness (QED) is 0.729. The highest BCUT2D eigenvalue weighted by Gasteiger charge is 2.11. The van der Waals surface area contributed by atoms with E-state index in [0.717, 1.165) is 11.3 Å². The molecule has 0 spiro atoms. The van der Waals surface area contributed by atoms with E-state index in [1.807, 2.05) is 36.4 Å². The second kappa shape index (κ2) is 3.62. The van der Waals surface area contributed by atoms with Gasteiger partial charge in [0.2, 0.25) is 0 Å². The van der Waals surface area contributed by atoms with Gasteiger partial charge in [-0.2, -0.15) is 5.10 Å². The number of nitrogens with one attached hydrogen (secondary N) is 1. The van der Waals surface area contributed by atoms with Gasteiger partial charge in [-0.15, -0.1) is 11.6 Å². The summed E-state index contributed by atoms with van der Waals surface area (Å²) in [7, 11) is 0. The summed E-state index contributed by atoms with van der Waals surface area (Å²) in [6.07, 6.45) is 1.77. The molecule has 66 valence electrons. The largest absolute Gasteiger partial charge is 0.285 e. The van der Waals surface area contributed by atoms with Crippen LogP contribution in [0.15, 0.2) is 42.6 Å². The Hall–Kier alpha value is -1.28. The van der Waals surface area contributed by atoms with E-state index in [0.29, 0.717) is 0 Å². The number of nitrogens with zero attached hydrogens (tertiary/aromatic N) is 1. The Kier molecular flexibility index (Phi) is 2.32. The van der Waals surface area contributed by atoms with Crippen LogP contribution in [0.2, 0.25) is 0 Å². The highest BCUT2D eigenvalue weighted by molar-refractivity contribution is 6.22. The molecule has 0 aliphatic heterocycles. The lowest BCUT2D eigenvalue weighted by molar-refractivity contribution is 0.977. The fourth-order valence-corrected chi connectivity index (χ4v) is 1.47. The summed E-state index contributed by atoms with van der Waals surface area (Å²) in [6.45, 7) is 0. The minimum Gasteiger partial charge on any atom is -0.285 e. The van der Waals surface area contributed by atoms with Crippen LogP contribution in [0.5, 0.6) is 0 Å². The molecular weight excluding hydrogens is 184 g/mol. The van der Waals surface area contributed by atoms with E-state index in [1.165, 1.54) is 0 Å². The molecule has 0 aliphatic rings. The third-order valence-electron chi connectivity index (χ3n) is 1.87. The molecule has 1 N–H and O–H groups in total. The molecule has 1 unspecified atom stereocenters. The molecule has 1 heterocycles. The van der Waals surface area contributed by atoms with E-state index in [4.69, 9.17) is 11.6 Å². The van der Waals surface area contributed by atoms with Gasteiger partial charge in [0, 0.05) is 6.20 Å². The first-order valence-corrected chi connectivity index (χ1v) is 4.50. The average molecular weight is 193 g/mol. The van der Waals surface area contributed by atoms with Crippen LogP contribution in [0.4, 0.5) is 0 Å². The van der Waals surface area contributed by atoms with Crippen molar-refractivity contribution in [3.8, 4) is 0 Å². The molecule has 2 rings (SSSR count). The molecule has 1 aromatic carbocycles. The van der Waals surface area contributed by atoms with E-state index < -0.39 is 0 Å². The van der Waals surface area contributed by atoms with Crippen molar-refractivity contribution in [1.29, 1.82) is 0 Å². The minimum absolute atomic E-state index is 0.160. The number of halogens is 1. The fraction of sp³-hybridized carbons (Fsp3) is 0.100. The molecule has 2 nitrogen and oxygen atoms in total. The van der Waals surface area contributed by atoms with E-state index >= 15 is 0 Å². The number of hydrogen-bond acceptors (Lipinski definition) is 1. The van der Waals surface area contributed by atoms with Gasteiger partial charge in [0.1, 0.15) is 5.38 Å². The van der Waals surface area contributed by atoms with Crippen molar-refractivity contribution in [2.24, 2.45) is 0 Å². The van der Waals surface area contributed by atoms with Gasteiger partial charge in [-0.1, -0.05) is 30.3 Å². The lowest BCUT2D eigenvalue weighted by Crippen LogP contribution is -1.92. The SMILES string of the molecule is ClC(c1ccccc1)c1cc[nH]n1. The number of aromatic amines is 1. The van der Waals surface area contributed by atoms with Crippen LogP contribution in [0.3, 0.4) is 0 Å². The molecule has 0 radical (unpaired) electrons. The molecule has 0 bridgehead atoms. The highest BCUT2D eigenvalue weighted by atomic mass is 35.5. The maximum Gasteiger partial charge on any atom is 0.102 e. The zero-order valence-electron chi connectivity index (χ0n) is 6.94. The Morgan fingerprint density at radius 2 is 1.92 bits per heavy atom. The molecule has 1 aromatic heterocycles. The predicted octanol–water partition coefficient (Wildman–Crippen LogP) is 2.74. The number of hydrogen-bond donors (Lipinski definition) is 1. The molecule has 0 fully saturated rings. The minimum atomic E-state index is -0.160. The van der Waals surface area contributed by atoms with Gasteiger partial charge in [-0.05, 0) is 11.6 Å². The van der Waals surface area contributed by atoms with Crippen molar-refractivity contribution in [3.63, 3.8) is 0 Å². The fourth-order valence-electron chi connectivity index (χ4n) is 1.21. The lowest BCUT2D eigenvalue weighted by atomic mass is 10.1. The smallest absolute Gasteiger partial charge is 0.102 e. The van der Waals surface area contributed by atoms with Crippen molar-refractivity contribution < 1.29 is 0 Å². The second-order valence-corrected chi connectivity index (χ2v) is 3.21. The molecule has 1 atom stereocenters. The van der Waals surface area contributed by atoms with Crippen molar-refractivity contribution >= 4 is 11.6 Å². The van der Waals surface area contributed by atoms with Gasteiger partial charge in [0.25, 0.3) is 0 Å². The van der Waals surface area contributed by atoms with Crippen LogP contribution < -0.4 is 0 Å².